The number of aliphatic hydroxyl groups excluding tert-OH is 1. The summed E-state index contributed by atoms with van der Waals surface area (Å²) in [5, 5.41) is 11.8. The summed E-state index contributed by atoms with van der Waals surface area (Å²) in [7, 11) is 3.89. The molecular formula is C13H20N2O2. The van der Waals surface area contributed by atoms with Gasteiger partial charge >= 0.3 is 0 Å². The Morgan fingerprint density at radius 2 is 1.82 bits per heavy atom. The molecule has 0 saturated heterocycles. The highest BCUT2D eigenvalue weighted by Crippen LogP contribution is 2.03. The van der Waals surface area contributed by atoms with Gasteiger partial charge in [0.2, 0.25) is 5.91 Å². The van der Waals surface area contributed by atoms with Crippen LogP contribution in [0.4, 0.5) is 0 Å². The summed E-state index contributed by atoms with van der Waals surface area (Å²) < 4.78 is 0. The molecule has 0 spiro atoms. The maximum Gasteiger partial charge on any atom is 0.221 e. The third-order valence-corrected chi connectivity index (χ3v) is 2.48. The largest absolute Gasteiger partial charge is 0.392 e. The highest BCUT2D eigenvalue weighted by atomic mass is 16.3. The molecule has 0 heterocycles. The quantitative estimate of drug-likeness (QED) is 0.766. The second kappa shape index (κ2) is 7.04. The SMILES string of the molecule is CN(C)CCC(=O)NCc1ccc(CO)cc1. The van der Waals surface area contributed by atoms with Crippen molar-refractivity contribution in [3.8, 4) is 0 Å². The number of rotatable bonds is 6. The Morgan fingerprint density at radius 3 is 2.35 bits per heavy atom. The molecule has 4 heteroatoms. The van der Waals surface area contributed by atoms with Crippen molar-refractivity contribution in [1.82, 2.24) is 10.2 Å². The van der Waals surface area contributed by atoms with Gasteiger partial charge in [-0.3, -0.25) is 4.79 Å². The first-order valence-corrected chi connectivity index (χ1v) is 5.72. The van der Waals surface area contributed by atoms with Crippen molar-refractivity contribution in [3.63, 3.8) is 0 Å². The first-order chi connectivity index (χ1) is 8.11. The summed E-state index contributed by atoms with van der Waals surface area (Å²) in [6, 6.07) is 7.55. The molecule has 1 amide bonds. The van der Waals surface area contributed by atoms with Crippen molar-refractivity contribution in [3.05, 3.63) is 35.4 Å². The highest BCUT2D eigenvalue weighted by molar-refractivity contribution is 5.76. The minimum Gasteiger partial charge on any atom is -0.392 e. The fraction of sp³-hybridized carbons (Fsp3) is 0.462. The second-order valence-electron chi connectivity index (χ2n) is 4.30. The van der Waals surface area contributed by atoms with E-state index in [1.807, 2.05) is 43.3 Å². The molecular weight excluding hydrogens is 216 g/mol. The van der Waals surface area contributed by atoms with Gasteiger partial charge < -0.3 is 15.3 Å². The lowest BCUT2D eigenvalue weighted by molar-refractivity contribution is -0.121. The van der Waals surface area contributed by atoms with E-state index in [1.54, 1.807) is 0 Å². The van der Waals surface area contributed by atoms with E-state index >= 15 is 0 Å². The zero-order chi connectivity index (χ0) is 12.7. The molecule has 0 saturated carbocycles. The molecule has 4 nitrogen and oxygen atoms in total. The van der Waals surface area contributed by atoms with Gasteiger partial charge in [0.15, 0.2) is 0 Å². The van der Waals surface area contributed by atoms with Crippen LogP contribution >= 0.6 is 0 Å². The van der Waals surface area contributed by atoms with Crippen LogP contribution < -0.4 is 5.32 Å². The van der Waals surface area contributed by atoms with Gasteiger partial charge in [0.05, 0.1) is 6.61 Å². The van der Waals surface area contributed by atoms with Gasteiger partial charge in [-0.2, -0.15) is 0 Å². The van der Waals surface area contributed by atoms with Gasteiger partial charge in [-0.05, 0) is 25.2 Å². The zero-order valence-electron chi connectivity index (χ0n) is 10.4. The smallest absolute Gasteiger partial charge is 0.221 e. The number of hydrogen-bond donors (Lipinski definition) is 2. The Kier molecular flexibility index (Phi) is 5.66. The lowest BCUT2D eigenvalue weighted by Gasteiger charge is -2.09. The lowest BCUT2D eigenvalue weighted by atomic mass is 10.1. The number of benzene rings is 1. The molecule has 1 aromatic rings. The van der Waals surface area contributed by atoms with Gasteiger partial charge in [-0.1, -0.05) is 24.3 Å². The van der Waals surface area contributed by atoms with E-state index in [4.69, 9.17) is 5.11 Å². The fourth-order valence-electron chi connectivity index (χ4n) is 1.38. The molecule has 1 rings (SSSR count). The van der Waals surface area contributed by atoms with Gasteiger partial charge in [0.25, 0.3) is 0 Å². The highest BCUT2D eigenvalue weighted by Gasteiger charge is 2.02. The minimum atomic E-state index is 0.0511. The summed E-state index contributed by atoms with van der Waals surface area (Å²) in [5.41, 5.74) is 1.92. The topological polar surface area (TPSA) is 52.6 Å². The van der Waals surface area contributed by atoms with Crippen molar-refractivity contribution in [2.45, 2.75) is 19.6 Å². The number of amides is 1. The summed E-state index contributed by atoms with van der Waals surface area (Å²) in [5.74, 6) is 0.0601. The normalized spacial score (nSPS) is 10.6. The van der Waals surface area contributed by atoms with Crippen LogP contribution in [0.5, 0.6) is 0 Å². The molecule has 0 bridgehead atoms. The molecule has 0 radical (unpaired) electrons. The lowest BCUT2D eigenvalue weighted by Crippen LogP contribution is -2.26. The number of carbonyl (C=O) groups is 1. The van der Waals surface area contributed by atoms with Crippen LogP contribution in [0.25, 0.3) is 0 Å². The first kappa shape index (κ1) is 13.7. The van der Waals surface area contributed by atoms with Gasteiger partial charge in [0, 0.05) is 19.5 Å². The van der Waals surface area contributed by atoms with Crippen LogP contribution in [0.2, 0.25) is 0 Å². The molecule has 0 aliphatic carbocycles. The Bertz CT molecular complexity index is 347. The molecule has 94 valence electrons. The van der Waals surface area contributed by atoms with Crippen LogP contribution in [0.3, 0.4) is 0 Å². The Balaban J connectivity index is 2.31. The molecule has 0 aliphatic rings. The van der Waals surface area contributed by atoms with Crippen LogP contribution in [0.1, 0.15) is 17.5 Å². The fourth-order valence-corrected chi connectivity index (χ4v) is 1.38. The molecule has 0 aromatic heterocycles. The van der Waals surface area contributed by atoms with Crippen molar-refractivity contribution >= 4 is 5.91 Å². The standard InChI is InChI=1S/C13H20N2O2/c1-15(2)8-7-13(17)14-9-11-3-5-12(10-16)6-4-11/h3-6,16H,7-10H2,1-2H3,(H,14,17). The molecule has 0 atom stereocenters. The summed E-state index contributed by atoms with van der Waals surface area (Å²) in [6.07, 6.45) is 0.516. The predicted molar refractivity (Wildman–Crippen MR) is 67.4 cm³/mol. The van der Waals surface area contributed by atoms with Crippen LogP contribution in [-0.4, -0.2) is 36.6 Å². The average molecular weight is 236 g/mol. The summed E-state index contributed by atoms with van der Waals surface area (Å²) in [4.78, 5) is 13.4. The van der Waals surface area contributed by atoms with Crippen LogP contribution in [0, 0.1) is 0 Å². The Hall–Kier alpha value is -1.39. The first-order valence-electron chi connectivity index (χ1n) is 5.72. The van der Waals surface area contributed by atoms with E-state index in [2.05, 4.69) is 5.32 Å². The number of nitrogens with zero attached hydrogens (tertiary/aromatic N) is 1. The van der Waals surface area contributed by atoms with Gasteiger partial charge in [0.1, 0.15) is 0 Å². The van der Waals surface area contributed by atoms with Crippen LogP contribution in [-0.2, 0) is 17.9 Å². The Morgan fingerprint density at radius 1 is 1.24 bits per heavy atom. The second-order valence-corrected chi connectivity index (χ2v) is 4.30. The maximum atomic E-state index is 11.5. The molecule has 2 N–H and O–H groups in total. The number of carbonyl (C=O) groups excluding carboxylic acids is 1. The van der Waals surface area contributed by atoms with Crippen LogP contribution in [0.15, 0.2) is 24.3 Å². The van der Waals surface area contributed by atoms with Crippen molar-refractivity contribution in [2.24, 2.45) is 0 Å². The average Bonchev–Trinajstić information content (AvgIpc) is 2.34. The van der Waals surface area contributed by atoms with Gasteiger partial charge in [-0.25, -0.2) is 0 Å². The summed E-state index contributed by atoms with van der Waals surface area (Å²) >= 11 is 0. The third kappa shape index (κ3) is 5.47. The maximum absolute atomic E-state index is 11.5. The van der Waals surface area contributed by atoms with Crippen molar-refractivity contribution in [2.75, 3.05) is 20.6 Å². The predicted octanol–water partition coefficient (Wildman–Crippen LogP) is 0.747. The van der Waals surface area contributed by atoms with Crippen molar-refractivity contribution < 1.29 is 9.90 Å². The van der Waals surface area contributed by atoms with E-state index in [1.165, 1.54) is 0 Å². The minimum absolute atomic E-state index is 0.0511. The van der Waals surface area contributed by atoms with E-state index in [0.717, 1.165) is 17.7 Å². The molecule has 17 heavy (non-hydrogen) atoms. The van der Waals surface area contributed by atoms with Crippen molar-refractivity contribution in [1.29, 1.82) is 0 Å². The third-order valence-electron chi connectivity index (χ3n) is 2.48. The number of nitrogens with one attached hydrogen (secondary N) is 1. The van der Waals surface area contributed by atoms with E-state index in [-0.39, 0.29) is 12.5 Å². The number of aliphatic hydroxyl groups is 1. The zero-order valence-corrected chi connectivity index (χ0v) is 10.4. The van der Waals surface area contributed by atoms with E-state index in [9.17, 15) is 4.79 Å². The molecule has 0 unspecified atom stereocenters. The molecule has 0 fully saturated rings. The van der Waals surface area contributed by atoms with Gasteiger partial charge in [-0.15, -0.1) is 0 Å². The molecule has 0 aliphatic heterocycles. The van der Waals surface area contributed by atoms with E-state index < -0.39 is 0 Å². The Labute approximate surface area is 102 Å². The molecule has 1 aromatic carbocycles. The number of hydrogen-bond acceptors (Lipinski definition) is 3. The summed E-state index contributed by atoms with van der Waals surface area (Å²) in [6.45, 7) is 1.35. The van der Waals surface area contributed by atoms with E-state index in [0.29, 0.717) is 13.0 Å². The monoisotopic (exact) mass is 236 g/mol.